The third kappa shape index (κ3) is 5.54. The minimum Gasteiger partial charge on any atom is -0.263 e. The molecule has 0 saturated carbocycles. The first-order valence-corrected chi connectivity index (χ1v) is 17.6. The summed E-state index contributed by atoms with van der Waals surface area (Å²) in [5.41, 5.74) is 11.9. The van der Waals surface area contributed by atoms with Gasteiger partial charge in [-0.3, -0.25) is 4.99 Å². The van der Waals surface area contributed by atoms with Crippen molar-refractivity contribution in [2.75, 3.05) is 0 Å². The quantitative estimate of drug-likeness (QED) is 0.0984. The second-order valence-electron chi connectivity index (χ2n) is 12.0. The van der Waals surface area contributed by atoms with E-state index < -0.39 is 0 Å². The first kappa shape index (κ1) is 29.4. The van der Waals surface area contributed by atoms with Gasteiger partial charge >= 0.3 is 0 Å². The largest absolute Gasteiger partial charge is 0.263 e. The maximum absolute atomic E-state index is 4.93. The SMILES string of the molecule is C=Nc1ccc(C)cc1SCc1ccc(-c2c3ccccc3c(-c3ccc(-c4nc5ccc(C)cc5s4)cc3)c3ccccc23)cc1. The van der Waals surface area contributed by atoms with Crippen molar-refractivity contribution in [1.82, 2.24) is 4.98 Å². The molecule has 1 heterocycles. The van der Waals surface area contributed by atoms with Crippen molar-refractivity contribution in [2.45, 2.75) is 24.5 Å². The van der Waals surface area contributed by atoms with Crippen LogP contribution in [0.4, 0.5) is 5.69 Å². The fraction of sp³-hybridized carbons (Fsp3) is 0.0698. The Balaban J connectivity index is 1.18. The molecule has 0 bridgehead atoms. The van der Waals surface area contributed by atoms with Crippen LogP contribution < -0.4 is 0 Å². The highest BCUT2D eigenvalue weighted by Gasteiger charge is 2.17. The summed E-state index contributed by atoms with van der Waals surface area (Å²) < 4.78 is 1.23. The maximum Gasteiger partial charge on any atom is 0.124 e. The molecule has 0 saturated heterocycles. The molecule has 4 heteroatoms. The number of aromatic nitrogens is 1. The summed E-state index contributed by atoms with van der Waals surface area (Å²) in [5, 5.41) is 6.09. The van der Waals surface area contributed by atoms with E-state index in [2.05, 4.69) is 153 Å². The zero-order chi connectivity index (χ0) is 31.9. The van der Waals surface area contributed by atoms with Crippen LogP contribution in [0.3, 0.4) is 0 Å². The van der Waals surface area contributed by atoms with Gasteiger partial charge in [-0.2, -0.15) is 0 Å². The van der Waals surface area contributed by atoms with E-state index in [0.717, 1.165) is 27.5 Å². The van der Waals surface area contributed by atoms with Gasteiger partial charge in [-0.05, 0) is 105 Å². The Morgan fingerprint density at radius 1 is 0.617 bits per heavy atom. The van der Waals surface area contributed by atoms with Crippen molar-refractivity contribution in [3.63, 3.8) is 0 Å². The molecule has 0 aliphatic carbocycles. The summed E-state index contributed by atoms with van der Waals surface area (Å²) in [5.74, 6) is 0.874. The van der Waals surface area contributed by atoms with Crippen molar-refractivity contribution < 1.29 is 0 Å². The molecule has 0 N–H and O–H groups in total. The predicted molar refractivity (Wildman–Crippen MR) is 206 cm³/mol. The average molecular weight is 641 g/mol. The summed E-state index contributed by atoms with van der Waals surface area (Å²) in [6, 6.07) is 48.5. The Morgan fingerprint density at radius 3 is 1.74 bits per heavy atom. The van der Waals surface area contributed by atoms with Crippen molar-refractivity contribution in [3.8, 4) is 32.8 Å². The number of hydrogen-bond donors (Lipinski definition) is 0. The Labute approximate surface area is 283 Å². The lowest BCUT2D eigenvalue weighted by Crippen LogP contribution is -1.91. The molecule has 7 aromatic carbocycles. The van der Waals surface area contributed by atoms with Crippen molar-refractivity contribution >= 4 is 67.3 Å². The molecular weight excluding hydrogens is 609 g/mol. The topological polar surface area (TPSA) is 25.2 Å². The van der Waals surface area contributed by atoms with Gasteiger partial charge in [0.05, 0.1) is 15.9 Å². The average Bonchev–Trinajstić information content (AvgIpc) is 3.53. The highest BCUT2D eigenvalue weighted by molar-refractivity contribution is 7.98. The van der Waals surface area contributed by atoms with Crippen molar-refractivity contribution in [2.24, 2.45) is 4.99 Å². The Kier molecular flexibility index (Phi) is 7.68. The molecule has 0 unspecified atom stereocenters. The molecule has 2 nitrogen and oxygen atoms in total. The van der Waals surface area contributed by atoms with Crippen LogP contribution in [0.2, 0.25) is 0 Å². The van der Waals surface area contributed by atoms with Crippen molar-refractivity contribution in [3.05, 3.63) is 150 Å². The van der Waals surface area contributed by atoms with E-state index in [4.69, 9.17) is 4.98 Å². The first-order valence-electron chi connectivity index (χ1n) is 15.8. The first-order chi connectivity index (χ1) is 23.1. The fourth-order valence-electron chi connectivity index (χ4n) is 6.48. The molecular formula is C43H32N2S2. The van der Waals surface area contributed by atoms with Gasteiger partial charge in [-0.15, -0.1) is 23.1 Å². The maximum atomic E-state index is 4.93. The zero-order valence-electron chi connectivity index (χ0n) is 26.3. The molecule has 0 aliphatic heterocycles. The highest BCUT2D eigenvalue weighted by atomic mass is 32.2. The van der Waals surface area contributed by atoms with Crippen LogP contribution in [0.15, 0.2) is 143 Å². The van der Waals surface area contributed by atoms with Gasteiger partial charge in [0.15, 0.2) is 0 Å². The number of rotatable bonds is 7. The van der Waals surface area contributed by atoms with E-state index in [9.17, 15) is 0 Å². The second kappa shape index (κ2) is 12.3. The van der Waals surface area contributed by atoms with Crippen LogP contribution in [-0.4, -0.2) is 11.7 Å². The number of aliphatic imine (C=N–C) groups is 1. The van der Waals surface area contributed by atoms with E-state index in [0.29, 0.717) is 0 Å². The number of benzene rings is 7. The standard InChI is InChI=1S/C43H32N2S2/c1-27-12-22-37(44-3)39(24-27)46-26-29-14-16-30(17-15-29)41-33-8-4-6-10-35(33)42(36-11-7-5-9-34(36)41)31-18-20-32(21-19-31)43-45-38-23-13-28(2)25-40(38)47-43/h4-25H,3,26H2,1-2H3. The van der Waals surface area contributed by atoms with Gasteiger partial charge in [0, 0.05) is 16.2 Å². The molecule has 8 rings (SSSR count). The minimum atomic E-state index is 0.874. The van der Waals surface area contributed by atoms with Gasteiger partial charge in [0.1, 0.15) is 5.01 Å². The molecule has 0 amide bonds. The molecule has 0 atom stereocenters. The van der Waals surface area contributed by atoms with Gasteiger partial charge in [-0.1, -0.05) is 109 Å². The Hall–Kier alpha value is -5.03. The van der Waals surface area contributed by atoms with E-state index in [1.807, 2.05) is 17.8 Å². The van der Waals surface area contributed by atoms with E-state index in [-0.39, 0.29) is 0 Å². The van der Waals surface area contributed by atoms with E-state index in [1.165, 1.54) is 70.1 Å². The van der Waals surface area contributed by atoms with Crippen LogP contribution in [0.25, 0.3) is 64.6 Å². The fourth-order valence-corrected chi connectivity index (χ4v) is 8.62. The lowest BCUT2D eigenvalue weighted by Gasteiger charge is -2.18. The number of nitrogens with zero attached hydrogens (tertiary/aromatic N) is 2. The summed E-state index contributed by atoms with van der Waals surface area (Å²) in [6.07, 6.45) is 0. The van der Waals surface area contributed by atoms with Gasteiger partial charge in [0.25, 0.3) is 0 Å². The predicted octanol–water partition coefficient (Wildman–Crippen LogP) is 12.8. The molecule has 8 aromatic rings. The lowest BCUT2D eigenvalue weighted by atomic mass is 9.86. The Morgan fingerprint density at radius 2 is 1.15 bits per heavy atom. The van der Waals surface area contributed by atoms with Crippen LogP contribution in [0.1, 0.15) is 16.7 Å². The number of thioether (sulfide) groups is 1. The summed E-state index contributed by atoms with van der Waals surface area (Å²) in [4.78, 5) is 10.3. The number of thiazole rings is 1. The molecule has 1 aromatic heterocycles. The molecule has 0 spiro atoms. The van der Waals surface area contributed by atoms with Gasteiger partial charge in [-0.25, -0.2) is 4.98 Å². The third-order valence-electron chi connectivity index (χ3n) is 8.82. The normalized spacial score (nSPS) is 11.4. The van der Waals surface area contributed by atoms with E-state index in [1.54, 1.807) is 11.3 Å². The van der Waals surface area contributed by atoms with E-state index >= 15 is 0 Å². The molecule has 0 radical (unpaired) electrons. The number of aryl methyl sites for hydroxylation is 2. The van der Waals surface area contributed by atoms with Crippen LogP contribution in [0, 0.1) is 13.8 Å². The number of hydrogen-bond acceptors (Lipinski definition) is 4. The van der Waals surface area contributed by atoms with Gasteiger partial charge < -0.3 is 0 Å². The zero-order valence-corrected chi connectivity index (χ0v) is 28.0. The molecule has 0 fully saturated rings. The number of fused-ring (bicyclic) bond motifs is 3. The molecule has 47 heavy (non-hydrogen) atoms. The monoisotopic (exact) mass is 640 g/mol. The molecule has 0 aliphatic rings. The lowest BCUT2D eigenvalue weighted by molar-refractivity contribution is 1.31. The Bertz CT molecular complexity index is 2380. The van der Waals surface area contributed by atoms with Crippen molar-refractivity contribution in [1.29, 1.82) is 0 Å². The summed E-state index contributed by atoms with van der Waals surface area (Å²) in [7, 11) is 0. The second-order valence-corrected chi connectivity index (χ2v) is 14.1. The van der Waals surface area contributed by atoms with Crippen LogP contribution >= 0.6 is 23.1 Å². The third-order valence-corrected chi connectivity index (χ3v) is 11.0. The smallest absolute Gasteiger partial charge is 0.124 e. The summed E-state index contributed by atoms with van der Waals surface area (Å²) >= 11 is 3.57. The summed E-state index contributed by atoms with van der Waals surface area (Å²) in [6.45, 7) is 8.01. The van der Waals surface area contributed by atoms with Crippen LogP contribution in [0.5, 0.6) is 0 Å². The highest BCUT2D eigenvalue weighted by Crippen LogP contribution is 2.44. The van der Waals surface area contributed by atoms with Gasteiger partial charge in [0.2, 0.25) is 0 Å². The van der Waals surface area contributed by atoms with Crippen LogP contribution in [-0.2, 0) is 5.75 Å². The minimum absolute atomic E-state index is 0.874. The molecule has 226 valence electrons.